The third kappa shape index (κ3) is 3.28. The molecule has 3 heterocycles. The van der Waals surface area contributed by atoms with Crippen LogP contribution in [0.15, 0.2) is 16.1 Å². The smallest absolute Gasteiger partial charge is 0.241 e. The van der Waals surface area contributed by atoms with Crippen LogP contribution in [0.1, 0.15) is 35.8 Å². The fourth-order valence-electron chi connectivity index (χ4n) is 2.90. The van der Waals surface area contributed by atoms with Crippen LogP contribution in [0.25, 0.3) is 0 Å². The number of nitrogens with zero attached hydrogens (tertiary/aromatic N) is 3. The number of amidine groups is 1. The molecule has 1 aromatic heterocycles. The number of aromatic amines is 1. The number of nitrogens with one attached hydrogen (secondary N) is 2. The van der Waals surface area contributed by atoms with E-state index in [0.29, 0.717) is 6.54 Å². The van der Waals surface area contributed by atoms with E-state index in [1.165, 1.54) is 5.70 Å². The van der Waals surface area contributed by atoms with E-state index in [0.717, 1.165) is 48.1 Å². The van der Waals surface area contributed by atoms with Crippen LogP contribution in [0.5, 0.6) is 0 Å². The van der Waals surface area contributed by atoms with E-state index in [9.17, 15) is 4.79 Å². The lowest BCUT2D eigenvalue weighted by molar-refractivity contribution is -0.122. The highest BCUT2D eigenvalue weighted by atomic mass is 32.2. The van der Waals surface area contributed by atoms with Gasteiger partial charge in [-0.3, -0.25) is 14.9 Å². The maximum Gasteiger partial charge on any atom is 0.241 e. The molecule has 0 unspecified atom stereocenters. The van der Waals surface area contributed by atoms with Gasteiger partial charge in [-0.1, -0.05) is 11.8 Å². The first-order valence-corrected chi connectivity index (χ1v) is 8.68. The lowest BCUT2D eigenvalue weighted by Gasteiger charge is -2.25. The monoisotopic (exact) mass is 334 g/mol. The fourth-order valence-corrected chi connectivity index (χ4v) is 3.89. The molecular weight excluding hydrogens is 312 g/mol. The molecule has 1 amide bonds. The largest absolute Gasteiger partial charge is 0.354 e. The first-order chi connectivity index (χ1) is 11.1. The van der Waals surface area contributed by atoms with Crippen LogP contribution in [-0.2, 0) is 4.79 Å². The molecule has 0 spiro atoms. The highest BCUT2D eigenvalue weighted by Crippen LogP contribution is 2.30. The molecule has 0 fully saturated rings. The van der Waals surface area contributed by atoms with Crippen molar-refractivity contribution in [2.24, 2.45) is 10.7 Å². The molecule has 0 radical (unpaired) electrons. The third-order valence-corrected chi connectivity index (χ3v) is 5.07. The second-order valence-corrected chi connectivity index (χ2v) is 6.60. The summed E-state index contributed by atoms with van der Waals surface area (Å²) in [6.45, 7) is 6.22. The number of amides is 1. The third-order valence-electron chi connectivity index (χ3n) is 4.12. The molecule has 1 aromatic rings. The van der Waals surface area contributed by atoms with Gasteiger partial charge in [0.05, 0.1) is 5.69 Å². The van der Waals surface area contributed by atoms with E-state index in [2.05, 4.69) is 30.8 Å². The van der Waals surface area contributed by atoms with Crippen LogP contribution in [0, 0.1) is 13.8 Å². The zero-order chi connectivity index (χ0) is 16.4. The SMILES string of the molecule is Cc1n[nH]c(C)c1[C@H](N)C(=O)NCCC1=CSC2=NCCCN12. The van der Waals surface area contributed by atoms with E-state index in [4.69, 9.17) is 5.73 Å². The second kappa shape index (κ2) is 6.76. The minimum atomic E-state index is -0.687. The number of thioether (sulfide) groups is 1. The first kappa shape index (κ1) is 16.1. The molecule has 0 aromatic carbocycles. The van der Waals surface area contributed by atoms with Crippen LogP contribution >= 0.6 is 11.8 Å². The molecular formula is C15H22N6OS. The summed E-state index contributed by atoms with van der Waals surface area (Å²) < 4.78 is 0. The van der Waals surface area contributed by atoms with Crippen molar-refractivity contribution >= 4 is 22.8 Å². The summed E-state index contributed by atoms with van der Waals surface area (Å²) in [6, 6.07) is -0.687. The number of carbonyl (C=O) groups excluding carboxylic acids is 1. The first-order valence-electron chi connectivity index (χ1n) is 7.80. The summed E-state index contributed by atoms with van der Waals surface area (Å²) in [5.41, 5.74) is 9.68. The van der Waals surface area contributed by atoms with Crippen molar-refractivity contribution in [1.82, 2.24) is 20.4 Å². The lowest BCUT2D eigenvalue weighted by Crippen LogP contribution is -2.36. The summed E-state index contributed by atoms with van der Waals surface area (Å²) in [5.74, 6) is -0.170. The zero-order valence-corrected chi connectivity index (χ0v) is 14.2. The fraction of sp³-hybridized carbons (Fsp3) is 0.533. The average Bonchev–Trinajstić information content (AvgIpc) is 3.10. The van der Waals surface area contributed by atoms with Crippen LogP contribution in [0.4, 0.5) is 0 Å². The summed E-state index contributed by atoms with van der Waals surface area (Å²) >= 11 is 1.67. The van der Waals surface area contributed by atoms with Crippen LogP contribution in [0.2, 0.25) is 0 Å². The summed E-state index contributed by atoms with van der Waals surface area (Å²) in [5, 5.41) is 13.1. The van der Waals surface area contributed by atoms with Crippen molar-refractivity contribution in [2.75, 3.05) is 19.6 Å². The highest BCUT2D eigenvalue weighted by Gasteiger charge is 2.25. The van der Waals surface area contributed by atoms with Crippen LogP contribution in [-0.4, -0.2) is 45.8 Å². The average molecular weight is 334 g/mol. The Morgan fingerprint density at radius 2 is 2.39 bits per heavy atom. The molecule has 2 aliphatic rings. The van der Waals surface area contributed by atoms with Gasteiger partial charge in [0.2, 0.25) is 5.91 Å². The van der Waals surface area contributed by atoms with Gasteiger partial charge in [-0.2, -0.15) is 5.10 Å². The molecule has 1 atom stereocenters. The molecule has 2 aliphatic heterocycles. The Hall–Kier alpha value is -1.80. The number of aliphatic imine (C=N–C) groups is 1. The number of nitrogens with two attached hydrogens (primary N) is 1. The van der Waals surface area contributed by atoms with E-state index in [1.54, 1.807) is 11.8 Å². The molecule has 4 N–H and O–H groups in total. The van der Waals surface area contributed by atoms with E-state index < -0.39 is 6.04 Å². The van der Waals surface area contributed by atoms with Crippen LogP contribution in [0.3, 0.4) is 0 Å². The number of H-pyrrole nitrogens is 1. The Kier molecular flexibility index (Phi) is 4.72. The van der Waals surface area contributed by atoms with Gasteiger partial charge in [0.15, 0.2) is 5.17 Å². The highest BCUT2D eigenvalue weighted by molar-refractivity contribution is 8.16. The van der Waals surface area contributed by atoms with Gasteiger partial charge in [-0.25, -0.2) is 0 Å². The number of fused-ring (bicyclic) bond motifs is 1. The Bertz CT molecular complexity index is 645. The predicted octanol–water partition coefficient (Wildman–Crippen LogP) is 1.18. The maximum atomic E-state index is 12.3. The normalized spacial score (nSPS) is 18.3. The molecule has 124 valence electrons. The zero-order valence-electron chi connectivity index (χ0n) is 13.4. The summed E-state index contributed by atoms with van der Waals surface area (Å²) in [4.78, 5) is 19.0. The van der Waals surface area contributed by atoms with Crippen LogP contribution < -0.4 is 11.1 Å². The van der Waals surface area contributed by atoms with Crippen molar-refractivity contribution in [1.29, 1.82) is 0 Å². The number of hydrogen-bond donors (Lipinski definition) is 3. The topological polar surface area (TPSA) is 99.4 Å². The summed E-state index contributed by atoms with van der Waals surface area (Å²) in [7, 11) is 0. The van der Waals surface area contributed by atoms with Crippen molar-refractivity contribution < 1.29 is 4.79 Å². The number of aromatic nitrogens is 2. The van der Waals surface area contributed by atoms with Crippen molar-refractivity contribution in [3.05, 3.63) is 28.1 Å². The molecule has 7 nitrogen and oxygen atoms in total. The Morgan fingerprint density at radius 3 is 3.13 bits per heavy atom. The van der Waals surface area contributed by atoms with Gasteiger partial charge in [-0.15, -0.1) is 0 Å². The van der Waals surface area contributed by atoms with Crippen molar-refractivity contribution in [3.63, 3.8) is 0 Å². The molecule has 0 saturated carbocycles. The molecule has 0 aliphatic carbocycles. The quantitative estimate of drug-likeness (QED) is 0.751. The van der Waals surface area contributed by atoms with Crippen molar-refractivity contribution in [3.8, 4) is 0 Å². The molecule has 0 saturated heterocycles. The van der Waals surface area contributed by atoms with Crippen molar-refractivity contribution in [2.45, 2.75) is 32.7 Å². The van der Waals surface area contributed by atoms with E-state index in [1.807, 2.05) is 13.8 Å². The maximum absolute atomic E-state index is 12.3. The lowest BCUT2D eigenvalue weighted by atomic mass is 10.1. The number of hydrogen-bond acceptors (Lipinski definition) is 6. The number of aryl methyl sites for hydroxylation is 2. The van der Waals surface area contributed by atoms with Gasteiger partial charge < -0.3 is 16.0 Å². The molecule has 3 rings (SSSR count). The van der Waals surface area contributed by atoms with E-state index >= 15 is 0 Å². The molecule has 8 heteroatoms. The standard InChI is InChI=1S/C15H22N6OS/c1-9-12(10(2)20-19-9)13(16)14(22)17-6-4-11-8-23-15-18-5-3-7-21(11)15/h8,13H,3-7,16H2,1-2H3,(H,17,22)(H,19,20)/t13-/m0/s1. The summed E-state index contributed by atoms with van der Waals surface area (Å²) in [6.07, 6.45) is 1.87. The Labute approximate surface area is 139 Å². The number of carbonyl (C=O) groups is 1. The minimum absolute atomic E-state index is 0.170. The van der Waals surface area contributed by atoms with Gasteiger partial charge in [0.25, 0.3) is 0 Å². The molecule has 0 bridgehead atoms. The molecule has 23 heavy (non-hydrogen) atoms. The van der Waals surface area contributed by atoms with Gasteiger partial charge in [-0.05, 0) is 25.7 Å². The van der Waals surface area contributed by atoms with E-state index in [-0.39, 0.29) is 5.91 Å². The predicted molar refractivity (Wildman–Crippen MR) is 91.9 cm³/mol. The minimum Gasteiger partial charge on any atom is -0.354 e. The van der Waals surface area contributed by atoms with Gasteiger partial charge in [0, 0.05) is 43.0 Å². The Morgan fingerprint density at radius 1 is 1.57 bits per heavy atom. The Balaban J connectivity index is 1.52. The van der Waals surface area contributed by atoms with Gasteiger partial charge >= 0.3 is 0 Å². The number of rotatable bonds is 5. The second-order valence-electron chi connectivity index (χ2n) is 5.76. The van der Waals surface area contributed by atoms with Gasteiger partial charge in [0.1, 0.15) is 6.04 Å².